The zero-order chi connectivity index (χ0) is 20.8. The van der Waals surface area contributed by atoms with E-state index >= 15 is 0 Å². The van der Waals surface area contributed by atoms with E-state index in [1.54, 1.807) is 27.5 Å². The lowest BCUT2D eigenvalue weighted by Gasteiger charge is -2.12. The van der Waals surface area contributed by atoms with Crippen LogP contribution < -0.4 is 19.5 Å². The van der Waals surface area contributed by atoms with Gasteiger partial charge in [-0.3, -0.25) is 4.79 Å². The first-order valence-corrected chi connectivity index (χ1v) is 9.59. The Morgan fingerprint density at radius 3 is 2.28 bits per heavy atom. The molecule has 3 rings (SSSR count). The molecule has 0 saturated heterocycles. The van der Waals surface area contributed by atoms with Gasteiger partial charge < -0.3 is 19.5 Å². The van der Waals surface area contributed by atoms with E-state index in [9.17, 15) is 4.79 Å². The van der Waals surface area contributed by atoms with Crippen molar-refractivity contribution in [3.63, 3.8) is 0 Å². The number of carbonyl (C=O) groups excluding carboxylic acids is 1. The second-order valence-electron chi connectivity index (χ2n) is 5.99. The number of nitrogens with one attached hydrogen (secondary N) is 1. The van der Waals surface area contributed by atoms with Gasteiger partial charge in [0.05, 0.1) is 27.0 Å². The smallest absolute Gasteiger partial charge is 0.221 e. The van der Waals surface area contributed by atoms with Gasteiger partial charge in [-0.2, -0.15) is 0 Å². The minimum absolute atomic E-state index is 0.102. The molecular weight excluding hydrogens is 390 g/mol. The van der Waals surface area contributed by atoms with Gasteiger partial charge in [0, 0.05) is 35.3 Å². The van der Waals surface area contributed by atoms with Crippen molar-refractivity contribution in [2.75, 3.05) is 26.6 Å². The number of hydrogen-bond donors (Lipinski definition) is 1. The maximum absolute atomic E-state index is 11.1. The van der Waals surface area contributed by atoms with Crippen LogP contribution in [0, 0.1) is 0 Å². The van der Waals surface area contributed by atoms with Crippen LogP contribution in [0.5, 0.6) is 17.2 Å². The largest absolute Gasteiger partial charge is 0.493 e. The van der Waals surface area contributed by atoms with Crippen LogP contribution in [-0.4, -0.2) is 38.4 Å². The van der Waals surface area contributed by atoms with Crippen LogP contribution in [0.2, 0.25) is 0 Å². The van der Waals surface area contributed by atoms with Crippen LogP contribution in [0.25, 0.3) is 11.3 Å². The lowest BCUT2D eigenvalue weighted by Crippen LogP contribution is -2.05. The highest BCUT2D eigenvalue weighted by atomic mass is 32.1. The summed E-state index contributed by atoms with van der Waals surface area (Å²) >= 11 is 1.44. The molecule has 2 aromatic carbocycles. The third-order valence-corrected chi connectivity index (χ3v) is 4.75. The number of thiazole rings is 1. The van der Waals surface area contributed by atoms with Crippen LogP contribution in [-0.2, 0) is 4.79 Å². The number of aliphatic imine (C=N–C) groups is 1. The number of ether oxygens (including phenoxy) is 3. The number of rotatable bonds is 7. The quantitative estimate of drug-likeness (QED) is 0.577. The normalized spacial score (nSPS) is 10.8. The molecule has 1 heterocycles. The second-order valence-corrected chi connectivity index (χ2v) is 6.83. The third-order valence-electron chi connectivity index (χ3n) is 4.00. The van der Waals surface area contributed by atoms with Crippen molar-refractivity contribution in [1.29, 1.82) is 0 Å². The minimum Gasteiger partial charge on any atom is -0.493 e. The van der Waals surface area contributed by atoms with E-state index in [0.29, 0.717) is 22.4 Å². The molecule has 0 bridgehead atoms. The summed E-state index contributed by atoms with van der Waals surface area (Å²) in [5.74, 6) is 1.56. The second kappa shape index (κ2) is 9.20. The zero-order valence-corrected chi connectivity index (χ0v) is 17.4. The van der Waals surface area contributed by atoms with Crippen molar-refractivity contribution in [2.24, 2.45) is 4.99 Å². The van der Waals surface area contributed by atoms with Gasteiger partial charge in [0.2, 0.25) is 16.8 Å². The fourth-order valence-corrected chi connectivity index (χ4v) is 3.36. The van der Waals surface area contributed by atoms with Crippen molar-refractivity contribution in [2.45, 2.75) is 6.92 Å². The Morgan fingerprint density at radius 2 is 1.72 bits per heavy atom. The number of anilines is 1. The monoisotopic (exact) mass is 411 g/mol. The van der Waals surface area contributed by atoms with E-state index in [4.69, 9.17) is 14.2 Å². The first-order chi connectivity index (χ1) is 14.0. The van der Waals surface area contributed by atoms with Crippen molar-refractivity contribution < 1.29 is 19.0 Å². The molecule has 29 heavy (non-hydrogen) atoms. The van der Waals surface area contributed by atoms with E-state index in [1.165, 1.54) is 18.3 Å². The van der Waals surface area contributed by atoms with E-state index in [1.807, 2.05) is 41.8 Å². The lowest BCUT2D eigenvalue weighted by molar-refractivity contribution is -0.114. The zero-order valence-electron chi connectivity index (χ0n) is 16.6. The fraction of sp³-hybridized carbons (Fsp3) is 0.190. The number of aromatic nitrogens is 1. The Labute approximate surface area is 173 Å². The van der Waals surface area contributed by atoms with Crippen LogP contribution in [0.4, 0.5) is 10.8 Å². The summed E-state index contributed by atoms with van der Waals surface area (Å²) in [6.45, 7) is 1.48. The van der Waals surface area contributed by atoms with E-state index in [2.05, 4.69) is 15.3 Å². The Morgan fingerprint density at radius 1 is 1.07 bits per heavy atom. The molecule has 0 unspecified atom stereocenters. The standard InChI is InChI=1S/C21H21N3O4S/c1-13(25)23-16-7-5-15(6-8-16)17-12-29-21(24-17)22-11-14-9-18(26-2)20(28-4)19(10-14)27-3/h5-12H,1-4H3,(H,23,25)/b22-11+. The van der Waals surface area contributed by atoms with E-state index in [0.717, 1.165) is 22.5 Å². The Hall–Kier alpha value is -3.39. The molecule has 0 saturated carbocycles. The first kappa shape index (κ1) is 20.3. The summed E-state index contributed by atoms with van der Waals surface area (Å²) in [6, 6.07) is 11.1. The number of nitrogens with zero attached hydrogens (tertiary/aromatic N) is 2. The molecular formula is C21H21N3O4S. The fourth-order valence-electron chi connectivity index (χ4n) is 2.69. The van der Waals surface area contributed by atoms with Gasteiger partial charge in [0.15, 0.2) is 11.5 Å². The third kappa shape index (κ3) is 4.91. The van der Waals surface area contributed by atoms with Crippen molar-refractivity contribution in [3.8, 4) is 28.5 Å². The summed E-state index contributed by atoms with van der Waals surface area (Å²) in [6.07, 6.45) is 1.70. The van der Waals surface area contributed by atoms with Crippen LogP contribution >= 0.6 is 11.3 Å². The summed E-state index contributed by atoms with van der Waals surface area (Å²) in [5, 5.41) is 5.31. The molecule has 0 aliphatic rings. The molecule has 1 amide bonds. The highest BCUT2D eigenvalue weighted by Crippen LogP contribution is 2.38. The average Bonchev–Trinajstić information content (AvgIpc) is 3.20. The van der Waals surface area contributed by atoms with E-state index < -0.39 is 0 Å². The molecule has 7 nitrogen and oxygen atoms in total. The Balaban J connectivity index is 1.79. The summed E-state index contributed by atoms with van der Waals surface area (Å²) in [5.41, 5.74) is 3.32. The number of methoxy groups -OCH3 is 3. The summed E-state index contributed by atoms with van der Waals surface area (Å²) in [4.78, 5) is 20.1. The minimum atomic E-state index is -0.102. The van der Waals surface area contributed by atoms with Gasteiger partial charge in [-0.15, -0.1) is 11.3 Å². The topological polar surface area (TPSA) is 82.0 Å². The van der Waals surface area contributed by atoms with Gasteiger partial charge in [0.25, 0.3) is 0 Å². The molecule has 3 aromatic rings. The number of carbonyl (C=O) groups is 1. The number of amides is 1. The highest BCUT2D eigenvalue weighted by Gasteiger charge is 2.12. The summed E-state index contributed by atoms with van der Waals surface area (Å²) in [7, 11) is 4.71. The van der Waals surface area contributed by atoms with Crippen molar-refractivity contribution >= 4 is 34.3 Å². The molecule has 0 radical (unpaired) electrons. The van der Waals surface area contributed by atoms with Crippen LogP contribution in [0.3, 0.4) is 0 Å². The summed E-state index contributed by atoms with van der Waals surface area (Å²) < 4.78 is 16.1. The predicted molar refractivity (Wildman–Crippen MR) is 115 cm³/mol. The van der Waals surface area contributed by atoms with Gasteiger partial charge in [-0.05, 0) is 24.3 Å². The van der Waals surface area contributed by atoms with Crippen molar-refractivity contribution in [1.82, 2.24) is 4.98 Å². The maximum atomic E-state index is 11.1. The molecule has 0 fully saturated rings. The molecule has 0 spiro atoms. The average molecular weight is 411 g/mol. The molecule has 8 heteroatoms. The van der Waals surface area contributed by atoms with Crippen LogP contribution in [0.15, 0.2) is 46.8 Å². The van der Waals surface area contributed by atoms with Crippen LogP contribution in [0.1, 0.15) is 12.5 Å². The van der Waals surface area contributed by atoms with Gasteiger partial charge in [-0.25, -0.2) is 9.98 Å². The molecule has 0 aliphatic carbocycles. The maximum Gasteiger partial charge on any atom is 0.221 e. The van der Waals surface area contributed by atoms with Gasteiger partial charge in [-0.1, -0.05) is 12.1 Å². The Bertz CT molecular complexity index is 1000. The predicted octanol–water partition coefficient (Wildman–Crippen LogP) is 4.54. The van der Waals surface area contributed by atoms with Crippen molar-refractivity contribution in [3.05, 3.63) is 47.3 Å². The van der Waals surface area contributed by atoms with Gasteiger partial charge in [0.1, 0.15) is 0 Å². The Kier molecular flexibility index (Phi) is 6.46. The first-order valence-electron chi connectivity index (χ1n) is 8.71. The molecule has 0 aliphatic heterocycles. The molecule has 1 N–H and O–H groups in total. The SMILES string of the molecule is COc1cc(/C=N/c2nc(-c3ccc(NC(C)=O)cc3)cs2)cc(OC)c1OC. The molecule has 0 atom stereocenters. The van der Waals surface area contributed by atoms with E-state index in [-0.39, 0.29) is 5.91 Å². The lowest BCUT2D eigenvalue weighted by atomic mass is 10.1. The van der Waals surface area contributed by atoms with Gasteiger partial charge >= 0.3 is 0 Å². The number of hydrogen-bond acceptors (Lipinski definition) is 7. The number of benzene rings is 2. The highest BCUT2D eigenvalue weighted by molar-refractivity contribution is 7.13. The molecule has 1 aromatic heterocycles. The molecule has 150 valence electrons.